The van der Waals surface area contributed by atoms with Crippen molar-refractivity contribution in [2.24, 2.45) is 5.73 Å². The zero-order valence-corrected chi connectivity index (χ0v) is 9.59. The van der Waals surface area contributed by atoms with Crippen LogP contribution in [0.5, 0.6) is 0 Å². The molecular formula is C12H16N4. The molecule has 4 nitrogen and oxygen atoms in total. The van der Waals surface area contributed by atoms with E-state index in [1.165, 1.54) is 0 Å². The van der Waals surface area contributed by atoms with Crippen molar-refractivity contribution >= 4 is 16.9 Å². The van der Waals surface area contributed by atoms with Gasteiger partial charge in [-0.15, -0.1) is 0 Å². The first-order valence-electron chi connectivity index (χ1n) is 5.37. The average molecular weight is 216 g/mol. The van der Waals surface area contributed by atoms with Crippen molar-refractivity contribution < 1.29 is 0 Å². The fraction of sp³-hybridized carbons (Fsp3) is 0.333. The van der Waals surface area contributed by atoms with E-state index in [0.717, 1.165) is 16.9 Å². The average Bonchev–Trinajstić information content (AvgIpc) is 2.36. The molecule has 0 spiro atoms. The molecule has 0 amide bonds. The van der Waals surface area contributed by atoms with Gasteiger partial charge < -0.3 is 10.6 Å². The van der Waals surface area contributed by atoms with Crippen molar-refractivity contribution in [3.63, 3.8) is 0 Å². The lowest BCUT2D eigenvalue weighted by Crippen LogP contribution is -2.35. The molecule has 0 aliphatic heterocycles. The minimum atomic E-state index is 0.260. The normalized spacial score (nSPS) is 12.7. The summed E-state index contributed by atoms with van der Waals surface area (Å²) in [4.78, 5) is 11.0. The number of hydrogen-bond donors (Lipinski definition) is 1. The van der Waals surface area contributed by atoms with Gasteiger partial charge in [-0.2, -0.15) is 0 Å². The highest BCUT2D eigenvalue weighted by molar-refractivity contribution is 5.75. The predicted octanol–water partition coefficient (Wildman–Crippen LogP) is 1.41. The minimum absolute atomic E-state index is 0.260. The molecule has 0 fully saturated rings. The number of anilines is 1. The maximum absolute atomic E-state index is 5.63. The number of rotatable bonds is 3. The summed E-state index contributed by atoms with van der Waals surface area (Å²) in [5.74, 6) is 0.858. The Kier molecular flexibility index (Phi) is 3.01. The van der Waals surface area contributed by atoms with E-state index in [1.54, 1.807) is 6.20 Å². The van der Waals surface area contributed by atoms with E-state index in [4.69, 9.17) is 5.73 Å². The molecule has 1 aromatic carbocycles. The van der Waals surface area contributed by atoms with Crippen LogP contribution in [0.25, 0.3) is 11.0 Å². The van der Waals surface area contributed by atoms with Gasteiger partial charge >= 0.3 is 0 Å². The first-order valence-corrected chi connectivity index (χ1v) is 5.37. The zero-order chi connectivity index (χ0) is 11.5. The molecule has 84 valence electrons. The Morgan fingerprint density at radius 3 is 2.69 bits per heavy atom. The summed E-state index contributed by atoms with van der Waals surface area (Å²) >= 11 is 0. The quantitative estimate of drug-likeness (QED) is 0.843. The molecule has 0 aliphatic carbocycles. The molecule has 4 heteroatoms. The largest absolute Gasteiger partial charge is 0.354 e. The maximum Gasteiger partial charge on any atom is 0.147 e. The van der Waals surface area contributed by atoms with E-state index < -0.39 is 0 Å². The monoisotopic (exact) mass is 216 g/mol. The van der Waals surface area contributed by atoms with Crippen LogP contribution in [0.1, 0.15) is 6.92 Å². The number of nitrogens with two attached hydrogens (primary N) is 1. The van der Waals surface area contributed by atoms with Crippen LogP contribution in [0.2, 0.25) is 0 Å². The molecule has 2 N–H and O–H groups in total. The Labute approximate surface area is 95.1 Å². The Morgan fingerprint density at radius 1 is 1.31 bits per heavy atom. The smallest absolute Gasteiger partial charge is 0.147 e. The molecule has 1 aromatic heterocycles. The van der Waals surface area contributed by atoms with Gasteiger partial charge in [0.1, 0.15) is 5.82 Å². The molecule has 1 heterocycles. The molecule has 2 aromatic rings. The van der Waals surface area contributed by atoms with Gasteiger partial charge in [0.25, 0.3) is 0 Å². The van der Waals surface area contributed by atoms with Crippen LogP contribution in [-0.4, -0.2) is 29.6 Å². The first-order chi connectivity index (χ1) is 7.72. The highest BCUT2D eigenvalue weighted by Crippen LogP contribution is 2.15. The Hall–Kier alpha value is -1.68. The molecular weight excluding hydrogens is 200 g/mol. The highest BCUT2D eigenvalue weighted by Gasteiger charge is 2.10. The summed E-state index contributed by atoms with van der Waals surface area (Å²) in [6, 6.07) is 8.11. The lowest BCUT2D eigenvalue weighted by Gasteiger charge is -2.24. The molecule has 1 unspecified atom stereocenters. The Bertz CT molecular complexity index is 483. The van der Waals surface area contributed by atoms with Crippen molar-refractivity contribution in [2.75, 3.05) is 18.5 Å². The number of fused-ring (bicyclic) bond motifs is 1. The van der Waals surface area contributed by atoms with E-state index in [1.807, 2.05) is 36.2 Å². The molecule has 16 heavy (non-hydrogen) atoms. The number of benzene rings is 1. The predicted molar refractivity (Wildman–Crippen MR) is 66.5 cm³/mol. The molecule has 2 rings (SSSR count). The summed E-state index contributed by atoms with van der Waals surface area (Å²) in [5.41, 5.74) is 7.46. The van der Waals surface area contributed by atoms with E-state index in [9.17, 15) is 0 Å². The van der Waals surface area contributed by atoms with E-state index in [0.29, 0.717) is 6.54 Å². The van der Waals surface area contributed by atoms with Gasteiger partial charge in [0, 0.05) is 19.6 Å². The van der Waals surface area contributed by atoms with E-state index in [-0.39, 0.29) is 6.04 Å². The lowest BCUT2D eigenvalue weighted by molar-refractivity contribution is 0.687. The SMILES string of the molecule is CC(CN)N(C)c1cnc2ccccc2n1. The van der Waals surface area contributed by atoms with Crippen molar-refractivity contribution in [2.45, 2.75) is 13.0 Å². The highest BCUT2D eigenvalue weighted by atomic mass is 15.2. The van der Waals surface area contributed by atoms with Crippen molar-refractivity contribution in [3.8, 4) is 0 Å². The maximum atomic E-state index is 5.63. The van der Waals surface area contributed by atoms with Gasteiger partial charge in [0.05, 0.1) is 17.2 Å². The van der Waals surface area contributed by atoms with Crippen LogP contribution in [0, 0.1) is 0 Å². The summed E-state index contributed by atoms with van der Waals surface area (Å²) in [6.45, 7) is 2.67. The lowest BCUT2D eigenvalue weighted by atomic mass is 10.3. The number of nitrogens with zero attached hydrogens (tertiary/aromatic N) is 3. The standard InChI is InChI=1S/C12H16N4/c1-9(7-13)16(2)12-8-14-10-5-3-4-6-11(10)15-12/h3-6,8-9H,7,13H2,1-2H3. The molecule has 0 aliphatic rings. The van der Waals surface area contributed by atoms with Crippen molar-refractivity contribution in [3.05, 3.63) is 30.5 Å². The van der Waals surface area contributed by atoms with Crippen LogP contribution in [0.4, 0.5) is 5.82 Å². The van der Waals surface area contributed by atoms with Gasteiger partial charge in [-0.05, 0) is 19.1 Å². The van der Waals surface area contributed by atoms with Crippen molar-refractivity contribution in [1.29, 1.82) is 0 Å². The second-order valence-corrected chi connectivity index (χ2v) is 3.91. The third kappa shape index (κ3) is 1.97. The number of aromatic nitrogens is 2. The molecule has 1 atom stereocenters. The van der Waals surface area contributed by atoms with Crippen LogP contribution >= 0.6 is 0 Å². The topological polar surface area (TPSA) is 55.0 Å². The third-order valence-electron chi connectivity index (χ3n) is 2.80. The summed E-state index contributed by atoms with van der Waals surface area (Å²) in [6.07, 6.45) is 1.79. The number of likely N-dealkylation sites (N-methyl/N-ethyl adjacent to an activating group) is 1. The van der Waals surface area contributed by atoms with Gasteiger partial charge in [-0.1, -0.05) is 12.1 Å². The van der Waals surface area contributed by atoms with Gasteiger partial charge in [0.2, 0.25) is 0 Å². The molecule has 0 saturated carbocycles. The number of para-hydroxylation sites is 2. The van der Waals surface area contributed by atoms with Crippen LogP contribution in [0.15, 0.2) is 30.5 Å². The summed E-state index contributed by atoms with van der Waals surface area (Å²) < 4.78 is 0. The first kappa shape index (κ1) is 10.8. The molecule has 0 saturated heterocycles. The Balaban J connectivity index is 2.39. The fourth-order valence-electron chi connectivity index (χ4n) is 1.50. The van der Waals surface area contributed by atoms with Gasteiger partial charge in [-0.25, -0.2) is 4.98 Å². The zero-order valence-electron chi connectivity index (χ0n) is 9.59. The van der Waals surface area contributed by atoms with Crippen LogP contribution in [-0.2, 0) is 0 Å². The summed E-state index contributed by atoms with van der Waals surface area (Å²) in [5, 5.41) is 0. The van der Waals surface area contributed by atoms with Crippen LogP contribution < -0.4 is 10.6 Å². The third-order valence-corrected chi connectivity index (χ3v) is 2.80. The minimum Gasteiger partial charge on any atom is -0.354 e. The molecule has 0 radical (unpaired) electrons. The fourth-order valence-corrected chi connectivity index (χ4v) is 1.50. The summed E-state index contributed by atoms with van der Waals surface area (Å²) in [7, 11) is 1.98. The van der Waals surface area contributed by atoms with Gasteiger partial charge in [-0.3, -0.25) is 4.98 Å². The Morgan fingerprint density at radius 2 is 2.00 bits per heavy atom. The second-order valence-electron chi connectivity index (χ2n) is 3.91. The van der Waals surface area contributed by atoms with E-state index in [2.05, 4.69) is 16.9 Å². The van der Waals surface area contributed by atoms with E-state index >= 15 is 0 Å². The van der Waals surface area contributed by atoms with Crippen LogP contribution in [0.3, 0.4) is 0 Å². The van der Waals surface area contributed by atoms with Crippen molar-refractivity contribution in [1.82, 2.24) is 9.97 Å². The van der Waals surface area contributed by atoms with Gasteiger partial charge in [0.15, 0.2) is 0 Å². The molecule has 0 bridgehead atoms. The number of hydrogen-bond acceptors (Lipinski definition) is 4. The second kappa shape index (κ2) is 4.45.